The molecule has 0 amide bonds. The van der Waals surface area contributed by atoms with Crippen LogP contribution in [0, 0.1) is 22.9 Å². The molecule has 0 radical (unpaired) electrons. The van der Waals surface area contributed by atoms with Crippen LogP contribution in [-0.4, -0.2) is 54.9 Å². The zero-order valence-corrected chi connectivity index (χ0v) is 21.2. The molecule has 2 aromatic carbocycles. The number of halogens is 5. The molecule has 1 aromatic heterocycles. The van der Waals surface area contributed by atoms with Gasteiger partial charge in [0.05, 0.1) is 12.6 Å². The second-order valence-corrected chi connectivity index (χ2v) is 9.77. The van der Waals surface area contributed by atoms with Gasteiger partial charge in [-0.3, -0.25) is 9.88 Å². The maximum absolute atomic E-state index is 15.7. The van der Waals surface area contributed by atoms with Gasteiger partial charge in [0.25, 0.3) is 0 Å². The number of aromatic nitrogens is 1. The van der Waals surface area contributed by atoms with Crippen molar-refractivity contribution in [2.75, 3.05) is 40.0 Å². The Morgan fingerprint density at radius 3 is 2.58 bits per heavy atom. The van der Waals surface area contributed by atoms with Crippen molar-refractivity contribution < 1.29 is 36.5 Å². The number of nitrogens with zero attached hydrogens (tertiary/aromatic N) is 2. The number of ether oxygens (including phenoxy) is 2. The first kappa shape index (κ1) is 28.0. The van der Waals surface area contributed by atoms with E-state index >= 15 is 4.39 Å². The minimum atomic E-state index is -1.45. The first-order valence-electron chi connectivity index (χ1n) is 12.6. The molecule has 1 atom stereocenters. The van der Waals surface area contributed by atoms with Crippen LogP contribution in [0.25, 0.3) is 10.9 Å². The van der Waals surface area contributed by atoms with Gasteiger partial charge in [0.1, 0.15) is 31.0 Å². The fourth-order valence-corrected chi connectivity index (χ4v) is 5.07. The summed E-state index contributed by atoms with van der Waals surface area (Å²) in [7, 11) is 1.50. The third-order valence-corrected chi connectivity index (χ3v) is 7.46. The summed E-state index contributed by atoms with van der Waals surface area (Å²) in [6.07, 6.45) is 1.62. The number of likely N-dealkylation sites (tertiary alicyclic amines) is 1. The first-order chi connectivity index (χ1) is 18.3. The highest BCUT2D eigenvalue weighted by Crippen LogP contribution is 2.41. The number of aliphatic hydroxyl groups excluding tert-OH is 1. The lowest BCUT2D eigenvalue weighted by Crippen LogP contribution is -2.43. The highest BCUT2D eigenvalue weighted by molar-refractivity contribution is 5.85. The molecule has 2 heterocycles. The van der Waals surface area contributed by atoms with E-state index in [-0.39, 0.29) is 30.8 Å². The number of alkyl halides is 2. The fraction of sp³-hybridized carbons (Fsp3) is 0.464. The molecule has 1 N–H and O–H groups in total. The highest BCUT2D eigenvalue weighted by Gasteiger charge is 2.35. The van der Waals surface area contributed by atoms with Gasteiger partial charge >= 0.3 is 0 Å². The quantitative estimate of drug-likeness (QED) is 0.237. The summed E-state index contributed by atoms with van der Waals surface area (Å²) >= 11 is 0. The summed E-state index contributed by atoms with van der Waals surface area (Å²) in [6, 6.07) is 6.34. The third kappa shape index (κ3) is 6.18. The van der Waals surface area contributed by atoms with Gasteiger partial charge in [0, 0.05) is 48.0 Å². The molecule has 1 aliphatic rings. The molecule has 38 heavy (non-hydrogen) atoms. The minimum absolute atomic E-state index is 0.0308. The van der Waals surface area contributed by atoms with Crippen LogP contribution in [0.2, 0.25) is 0 Å². The van der Waals surface area contributed by atoms with E-state index in [2.05, 4.69) is 4.98 Å². The molecule has 0 bridgehead atoms. The number of fused-ring (bicyclic) bond motifs is 1. The largest absolute Gasteiger partial charge is 0.497 e. The van der Waals surface area contributed by atoms with Gasteiger partial charge in [-0.2, -0.15) is 4.39 Å². The van der Waals surface area contributed by atoms with E-state index in [1.54, 1.807) is 18.2 Å². The number of hydrogen-bond donors (Lipinski definition) is 1. The number of pyridine rings is 1. The van der Waals surface area contributed by atoms with Crippen LogP contribution >= 0.6 is 0 Å². The van der Waals surface area contributed by atoms with E-state index in [0.717, 1.165) is 6.07 Å². The number of piperidine rings is 1. The van der Waals surface area contributed by atoms with E-state index < -0.39 is 41.5 Å². The second kappa shape index (κ2) is 12.3. The zero-order chi connectivity index (χ0) is 27.3. The van der Waals surface area contributed by atoms with Crippen molar-refractivity contribution >= 4 is 10.9 Å². The van der Waals surface area contributed by atoms with Gasteiger partial charge in [-0.25, -0.2) is 17.6 Å². The van der Waals surface area contributed by atoms with Crippen molar-refractivity contribution in [1.29, 1.82) is 0 Å². The Balaban J connectivity index is 1.35. The summed E-state index contributed by atoms with van der Waals surface area (Å²) in [6.45, 7) is 0.652. The maximum atomic E-state index is 15.7. The van der Waals surface area contributed by atoms with Crippen LogP contribution in [0.5, 0.6) is 11.5 Å². The predicted octanol–water partition coefficient (Wildman–Crippen LogP) is 6.07. The molecular formula is C28H31F5N2O3. The molecular weight excluding hydrogens is 507 g/mol. The van der Waals surface area contributed by atoms with Crippen molar-refractivity contribution in [2.45, 2.75) is 38.5 Å². The lowest BCUT2D eigenvalue weighted by atomic mass is 9.74. The maximum Gasteiger partial charge on any atom is 0.200 e. The van der Waals surface area contributed by atoms with Crippen LogP contribution in [0.1, 0.15) is 43.0 Å². The summed E-state index contributed by atoms with van der Waals surface area (Å²) in [5.74, 6) is -3.42. The zero-order valence-electron chi connectivity index (χ0n) is 21.2. The Bertz CT molecular complexity index is 1250. The topological polar surface area (TPSA) is 54.8 Å². The Labute approximate surface area is 218 Å². The lowest BCUT2D eigenvalue weighted by molar-refractivity contribution is 0.0264. The number of aliphatic hydroxyl groups is 1. The van der Waals surface area contributed by atoms with Crippen LogP contribution in [0.15, 0.2) is 36.5 Å². The molecule has 4 rings (SSSR count). The smallest absolute Gasteiger partial charge is 0.200 e. The van der Waals surface area contributed by atoms with Gasteiger partial charge < -0.3 is 14.6 Å². The standard InChI is InChI=1S/C28H31F5N2O3/c1-37-20-2-3-24-21(14-20)26(18(15-29)16-34-24)22(31)4-5-28(17-36)6-8-35(9-7-28)10-11-38-25-13-19(30)12-23(32)27(25)33/h2-3,12-14,16,22,36H,4-11,15,17H2,1H3. The van der Waals surface area contributed by atoms with Gasteiger partial charge in [-0.1, -0.05) is 0 Å². The molecule has 10 heteroatoms. The van der Waals surface area contributed by atoms with Crippen molar-refractivity contribution in [3.8, 4) is 11.5 Å². The van der Waals surface area contributed by atoms with E-state index in [0.29, 0.717) is 61.6 Å². The molecule has 1 saturated heterocycles. The fourth-order valence-electron chi connectivity index (χ4n) is 5.07. The van der Waals surface area contributed by atoms with E-state index in [4.69, 9.17) is 9.47 Å². The minimum Gasteiger partial charge on any atom is -0.497 e. The summed E-state index contributed by atoms with van der Waals surface area (Å²) in [5.41, 5.74) is 0.519. The Morgan fingerprint density at radius 2 is 1.89 bits per heavy atom. The van der Waals surface area contributed by atoms with Crippen LogP contribution in [0.3, 0.4) is 0 Å². The summed E-state index contributed by atoms with van der Waals surface area (Å²) in [4.78, 5) is 6.28. The molecule has 0 saturated carbocycles. The summed E-state index contributed by atoms with van der Waals surface area (Å²) < 4.78 is 80.4. The predicted molar refractivity (Wildman–Crippen MR) is 133 cm³/mol. The first-order valence-corrected chi connectivity index (χ1v) is 12.6. The van der Waals surface area contributed by atoms with Crippen LogP contribution in [-0.2, 0) is 6.67 Å². The number of rotatable bonds is 11. The molecule has 206 valence electrons. The van der Waals surface area contributed by atoms with Crippen molar-refractivity contribution in [1.82, 2.24) is 9.88 Å². The molecule has 1 unspecified atom stereocenters. The van der Waals surface area contributed by atoms with E-state index in [1.165, 1.54) is 13.3 Å². The normalized spacial score (nSPS) is 16.5. The molecule has 1 fully saturated rings. The number of hydrogen-bond acceptors (Lipinski definition) is 5. The highest BCUT2D eigenvalue weighted by atomic mass is 19.2. The van der Waals surface area contributed by atoms with Crippen molar-refractivity contribution in [2.24, 2.45) is 5.41 Å². The van der Waals surface area contributed by atoms with Crippen LogP contribution < -0.4 is 9.47 Å². The SMILES string of the molecule is COc1ccc2ncc(CF)c(C(F)CCC3(CO)CCN(CCOc4cc(F)cc(F)c4F)CC3)c2c1. The molecule has 0 aliphatic carbocycles. The van der Waals surface area contributed by atoms with E-state index in [9.17, 15) is 22.7 Å². The molecule has 1 aliphatic heterocycles. The van der Waals surface area contributed by atoms with Crippen molar-refractivity contribution in [3.05, 3.63) is 65.1 Å². The van der Waals surface area contributed by atoms with Gasteiger partial charge in [-0.05, 0) is 62.4 Å². The number of benzene rings is 2. The Hall–Kier alpha value is -2.98. The summed E-state index contributed by atoms with van der Waals surface area (Å²) in [5, 5.41) is 10.7. The van der Waals surface area contributed by atoms with E-state index in [1.807, 2.05) is 4.90 Å². The van der Waals surface area contributed by atoms with Gasteiger partial charge in [-0.15, -0.1) is 0 Å². The Kier molecular flexibility index (Phi) is 9.04. The average molecular weight is 539 g/mol. The molecule has 5 nitrogen and oxygen atoms in total. The Morgan fingerprint density at radius 1 is 1.13 bits per heavy atom. The van der Waals surface area contributed by atoms with Gasteiger partial charge in [0.15, 0.2) is 11.6 Å². The lowest BCUT2D eigenvalue weighted by Gasteiger charge is -2.41. The second-order valence-electron chi connectivity index (χ2n) is 9.77. The van der Waals surface area contributed by atoms with Crippen molar-refractivity contribution in [3.63, 3.8) is 0 Å². The molecule has 0 spiro atoms. The monoisotopic (exact) mass is 538 g/mol. The molecule has 3 aromatic rings. The average Bonchev–Trinajstić information content (AvgIpc) is 2.94. The van der Waals surface area contributed by atoms with Gasteiger partial charge in [0.2, 0.25) is 5.82 Å². The van der Waals surface area contributed by atoms with Crippen LogP contribution in [0.4, 0.5) is 22.0 Å². The number of methoxy groups -OCH3 is 1. The third-order valence-electron chi connectivity index (χ3n) is 7.46.